The van der Waals surface area contributed by atoms with Gasteiger partial charge in [-0.3, -0.25) is 14.6 Å². The molecular formula is C29H42N4O3. The Morgan fingerprint density at radius 1 is 1.00 bits per heavy atom. The standard InChI is InChI=1S/C29H42N4O3/c1-28(2,3)23-16-22(27(35)25(17-23)29(4,5)6)18-30-31-26(34)20-33-14-12-32(13-15-33)19-21-8-10-24(36-7)11-9-21/h8-11,16-18,35H,12-15,19-20H2,1-7H3,(H,31,34)/b30-18+. The first-order valence-corrected chi connectivity index (χ1v) is 12.6. The zero-order valence-corrected chi connectivity index (χ0v) is 22.9. The Bertz CT molecular complexity index is 1060. The number of amides is 1. The van der Waals surface area contributed by atoms with Gasteiger partial charge in [0.2, 0.25) is 0 Å². The Labute approximate surface area is 216 Å². The third-order valence-electron chi connectivity index (χ3n) is 6.60. The molecule has 1 amide bonds. The van der Waals surface area contributed by atoms with Gasteiger partial charge in [0.1, 0.15) is 11.5 Å². The van der Waals surface area contributed by atoms with Crippen molar-refractivity contribution in [2.24, 2.45) is 5.10 Å². The number of carbonyl (C=O) groups is 1. The lowest BCUT2D eigenvalue weighted by molar-refractivity contribution is -0.122. The van der Waals surface area contributed by atoms with Gasteiger partial charge in [0.15, 0.2) is 0 Å². The molecule has 2 aromatic rings. The molecule has 0 radical (unpaired) electrons. The van der Waals surface area contributed by atoms with Crippen molar-refractivity contribution >= 4 is 12.1 Å². The van der Waals surface area contributed by atoms with Gasteiger partial charge in [-0.1, -0.05) is 59.7 Å². The zero-order valence-electron chi connectivity index (χ0n) is 22.9. The van der Waals surface area contributed by atoms with E-state index in [9.17, 15) is 9.90 Å². The number of nitrogens with zero attached hydrogens (tertiary/aromatic N) is 3. The summed E-state index contributed by atoms with van der Waals surface area (Å²) in [6.45, 7) is 17.3. The van der Waals surface area contributed by atoms with Crippen LogP contribution in [0.25, 0.3) is 0 Å². The van der Waals surface area contributed by atoms with E-state index < -0.39 is 0 Å². The second-order valence-electron chi connectivity index (χ2n) is 11.7. The van der Waals surface area contributed by atoms with Crippen LogP contribution < -0.4 is 10.2 Å². The molecule has 0 aliphatic carbocycles. The molecule has 0 saturated carbocycles. The second-order valence-corrected chi connectivity index (χ2v) is 11.7. The lowest BCUT2D eigenvalue weighted by Crippen LogP contribution is -2.48. The van der Waals surface area contributed by atoms with E-state index in [1.165, 1.54) is 5.56 Å². The van der Waals surface area contributed by atoms with E-state index in [2.05, 4.69) is 80.1 Å². The minimum atomic E-state index is -0.216. The molecule has 0 bridgehead atoms. The number of hydrogen-bond acceptors (Lipinski definition) is 6. The van der Waals surface area contributed by atoms with Gasteiger partial charge in [-0.25, -0.2) is 5.43 Å². The van der Waals surface area contributed by atoms with Crippen molar-refractivity contribution in [2.75, 3.05) is 39.8 Å². The van der Waals surface area contributed by atoms with E-state index >= 15 is 0 Å². The summed E-state index contributed by atoms with van der Waals surface area (Å²) in [6.07, 6.45) is 1.55. The average Bonchev–Trinajstić information content (AvgIpc) is 2.80. The molecule has 196 valence electrons. The summed E-state index contributed by atoms with van der Waals surface area (Å²) in [5.74, 6) is 0.919. The zero-order chi connectivity index (χ0) is 26.5. The minimum absolute atomic E-state index is 0.0743. The lowest BCUT2D eigenvalue weighted by Gasteiger charge is -2.34. The molecule has 2 aromatic carbocycles. The average molecular weight is 495 g/mol. The van der Waals surface area contributed by atoms with E-state index in [1.54, 1.807) is 13.3 Å². The van der Waals surface area contributed by atoms with Crippen LogP contribution in [0.5, 0.6) is 11.5 Å². The quantitative estimate of drug-likeness (QED) is 0.444. The highest BCUT2D eigenvalue weighted by atomic mass is 16.5. The number of methoxy groups -OCH3 is 1. The van der Waals surface area contributed by atoms with Gasteiger partial charge >= 0.3 is 0 Å². The topological polar surface area (TPSA) is 77.4 Å². The number of hydrazone groups is 1. The number of benzene rings is 2. The van der Waals surface area contributed by atoms with E-state index in [-0.39, 0.29) is 22.5 Å². The van der Waals surface area contributed by atoms with Gasteiger partial charge in [0, 0.05) is 43.9 Å². The molecular weight excluding hydrogens is 452 g/mol. The fraction of sp³-hybridized carbons (Fsp3) is 0.517. The van der Waals surface area contributed by atoms with Crippen LogP contribution in [-0.4, -0.2) is 66.9 Å². The van der Waals surface area contributed by atoms with E-state index in [4.69, 9.17) is 4.74 Å². The first-order valence-electron chi connectivity index (χ1n) is 12.6. The van der Waals surface area contributed by atoms with Gasteiger partial charge in [-0.15, -0.1) is 0 Å². The van der Waals surface area contributed by atoms with Crippen LogP contribution in [0.3, 0.4) is 0 Å². The Morgan fingerprint density at radius 2 is 1.61 bits per heavy atom. The Morgan fingerprint density at radius 3 is 2.17 bits per heavy atom. The summed E-state index contributed by atoms with van der Waals surface area (Å²) in [7, 11) is 1.67. The van der Waals surface area contributed by atoms with Crippen LogP contribution >= 0.6 is 0 Å². The Kier molecular flexibility index (Phi) is 8.80. The molecule has 7 nitrogen and oxygen atoms in total. The van der Waals surface area contributed by atoms with Gasteiger partial charge in [0.05, 0.1) is 19.9 Å². The second kappa shape index (κ2) is 11.4. The predicted molar refractivity (Wildman–Crippen MR) is 146 cm³/mol. The molecule has 0 aromatic heterocycles. The first-order chi connectivity index (χ1) is 16.9. The number of phenolic OH excluding ortho intramolecular Hbond substituents is 1. The largest absolute Gasteiger partial charge is 0.507 e. The highest BCUT2D eigenvalue weighted by Gasteiger charge is 2.24. The molecule has 7 heteroatoms. The summed E-state index contributed by atoms with van der Waals surface area (Å²) in [5.41, 5.74) is 6.20. The maximum absolute atomic E-state index is 12.5. The van der Waals surface area contributed by atoms with Crippen LogP contribution in [-0.2, 0) is 22.2 Å². The minimum Gasteiger partial charge on any atom is -0.507 e. The summed E-state index contributed by atoms with van der Waals surface area (Å²) in [5, 5.41) is 15.0. The maximum atomic E-state index is 12.5. The monoisotopic (exact) mass is 494 g/mol. The van der Waals surface area contributed by atoms with Crippen molar-refractivity contribution in [3.63, 3.8) is 0 Å². The third kappa shape index (κ3) is 7.55. The molecule has 1 aliphatic heterocycles. The number of nitrogens with one attached hydrogen (secondary N) is 1. The van der Waals surface area contributed by atoms with Crippen LogP contribution in [0.15, 0.2) is 41.5 Å². The van der Waals surface area contributed by atoms with Gasteiger partial charge in [-0.2, -0.15) is 5.10 Å². The first kappa shape index (κ1) is 27.7. The molecule has 1 fully saturated rings. The number of aromatic hydroxyl groups is 1. The number of ether oxygens (including phenoxy) is 1. The summed E-state index contributed by atoms with van der Waals surface area (Å²) >= 11 is 0. The smallest absolute Gasteiger partial charge is 0.254 e. The van der Waals surface area contributed by atoms with Crippen molar-refractivity contribution < 1.29 is 14.6 Å². The molecule has 36 heavy (non-hydrogen) atoms. The molecule has 0 unspecified atom stereocenters. The Balaban J connectivity index is 1.53. The van der Waals surface area contributed by atoms with E-state index in [1.807, 2.05) is 18.2 Å². The fourth-order valence-electron chi connectivity index (χ4n) is 4.27. The number of phenols is 1. The highest BCUT2D eigenvalue weighted by Crippen LogP contribution is 2.37. The van der Waals surface area contributed by atoms with Crippen molar-refractivity contribution in [2.45, 2.75) is 58.9 Å². The van der Waals surface area contributed by atoms with Crippen molar-refractivity contribution in [3.05, 3.63) is 58.7 Å². The number of piperazine rings is 1. The summed E-state index contributed by atoms with van der Waals surface area (Å²) in [4.78, 5) is 17.1. The van der Waals surface area contributed by atoms with Crippen LogP contribution in [0, 0.1) is 0 Å². The molecule has 2 N–H and O–H groups in total. The highest BCUT2D eigenvalue weighted by molar-refractivity contribution is 5.86. The van der Waals surface area contributed by atoms with Crippen LogP contribution in [0.1, 0.15) is 63.8 Å². The number of rotatable bonds is 7. The van der Waals surface area contributed by atoms with Crippen molar-refractivity contribution in [1.82, 2.24) is 15.2 Å². The van der Waals surface area contributed by atoms with Crippen LogP contribution in [0.4, 0.5) is 0 Å². The summed E-state index contributed by atoms with van der Waals surface area (Å²) < 4.78 is 5.23. The normalized spacial score (nSPS) is 15.9. The van der Waals surface area contributed by atoms with E-state index in [0.29, 0.717) is 12.1 Å². The third-order valence-corrected chi connectivity index (χ3v) is 6.60. The van der Waals surface area contributed by atoms with Gasteiger partial charge in [0.25, 0.3) is 5.91 Å². The molecule has 0 atom stereocenters. The van der Waals surface area contributed by atoms with Crippen molar-refractivity contribution in [1.29, 1.82) is 0 Å². The summed E-state index contributed by atoms with van der Waals surface area (Å²) in [6, 6.07) is 12.2. The Hall–Kier alpha value is -2.90. The lowest BCUT2D eigenvalue weighted by atomic mass is 9.79. The molecule has 1 aliphatic rings. The SMILES string of the molecule is COc1ccc(CN2CCN(CC(=O)N/N=C/c3cc(C(C)(C)C)cc(C(C)(C)C)c3O)CC2)cc1. The van der Waals surface area contributed by atoms with E-state index in [0.717, 1.165) is 49.6 Å². The van der Waals surface area contributed by atoms with Crippen molar-refractivity contribution in [3.8, 4) is 11.5 Å². The maximum Gasteiger partial charge on any atom is 0.254 e. The molecule has 3 rings (SSSR count). The number of carbonyl (C=O) groups excluding carboxylic acids is 1. The number of hydrogen-bond donors (Lipinski definition) is 2. The molecule has 1 saturated heterocycles. The molecule has 1 heterocycles. The molecule has 0 spiro atoms. The van der Waals surface area contributed by atoms with Gasteiger partial charge < -0.3 is 9.84 Å². The van der Waals surface area contributed by atoms with Crippen LogP contribution in [0.2, 0.25) is 0 Å². The predicted octanol–water partition coefficient (Wildman–Crippen LogP) is 4.26. The fourth-order valence-corrected chi connectivity index (χ4v) is 4.27. The van der Waals surface area contributed by atoms with Gasteiger partial charge in [-0.05, 0) is 40.2 Å².